The van der Waals surface area contributed by atoms with E-state index in [2.05, 4.69) is 51.0 Å². The topological polar surface area (TPSA) is 15.3 Å². The number of rotatable bonds is 2. The quantitative estimate of drug-likeness (QED) is 0.862. The lowest BCUT2D eigenvalue weighted by Crippen LogP contribution is -2.50. The van der Waals surface area contributed by atoms with E-state index in [9.17, 15) is 0 Å². The number of aryl methyl sites for hydroxylation is 2. The molecule has 2 rings (SSSR count). The molecular formula is C16H26N2. The molecule has 0 saturated carbocycles. The molecule has 1 aromatic carbocycles. The molecule has 0 aliphatic carbocycles. The molecule has 0 bridgehead atoms. The first-order chi connectivity index (χ1) is 8.50. The van der Waals surface area contributed by atoms with Crippen LogP contribution in [0.2, 0.25) is 0 Å². The summed E-state index contributed by atoms with van der Waals surface area (Å²) in [5.41, 5.74) is 7.39. The Labute approximate surface area is 111 Å². The lowest BCUT2D eigenvalue weighted by molar-refractivity contribution is 0.199. The van der Waals surface area contributed by atoms with Crippen molar-refractivity contribution >= 4 is 0 Å². The Balaban J connectivity index is 2.28. The summed E-state index contributed by atoms with van der Waals surface area (Å²) in [6.07, 6.45) is 1.17. The minimum absolute atomic E-state index is 0.636. The highest BCUT2D eigenvalue weighted by Gasteiger charge is 2.21. The van der Waals surface area contributed by atoms with Gasteiger partial charge in [0.1, 0.15) is 0 Å². The van der Waals surface area contributed by atoms with E-state index < -0.39 is 0 Å². The van der Waals surface area contributed by atoms with Gasteiger partial charge in [0.05, 0.1) is 0 Å². The molecule has 18 heavy (non-hydrogen) atoms. The predicted molar refractivity (Wildman–Crippen MR) is 78.4 cm³/mol. The van der Waals surface area contributed by atoms with E-state index in [-0.39, 0.29) is 0 Å². The number of nitrogens with zero attached hydrogens (tertiary/aromatic N) is 1. The molecule has 1 fully saturated rings. The van der Waals surface area contributed by atoms with Gasteiger partial charge in [-0.1, -0.05) is 6.07 Å². The highest BCUT2D eigenvalue weighted by Crippen LogP contribution is 2.24. The summed E-state index contributed by atoms with van der Waals surface area (Å²) >= 11 is 0. The van der Waals surface area contributed by atoms with Crippen molar-refractivity contribution in [2.75, 3.05) is 26.7 Å². The highest BCUT2D eigenvalue weighted by molar-refractivity contribution is 5.44. The van der Waals surface area contributed by atoms with E-state index in [0.717, 1.165) is 19.6 Å². The number of likely N-dealkylation sites (N-methyl/N-ethyl adjacent to an activating group) is 1. The van der Waals surface area contributed by atoms with Crippen LogP contribution < -0.4 is 5.32 Å². The Bertz CT molecular complexity index is 411. The van der Waals surface area contributed by atoms with Crippen LogP contribution in [-0.4, -0.2) is 37.6 Å². The molecular weight excluding hydrogens is 220 g/mol. The summed E-state index contributed by atoms with van der Waals surface area (Å²) in [5.74, 6) is 0. The van der Waals surface area contributed by atoms with Gasteiger partial charge in [-0.25, -0.2) is 0 Å². The van der Waals surface area contributed by atoms with Gasteiger partial charge in [-0.3, -0.25) is 0 Å². The van der Waals surface area contributed by atoms with Gasteiger partial charge in [0.15, 0.2) is 0 Å². The Morgan fingerprint density at radius 2 is 1.78 bits per heavy atom. The first kappa shape index (κ1) is 13.6. The zero-order chi connectivity index (χ0) is 13.3. The van der Waals surface area contributed by atoms with Gasteiger partial charge >= 0.3 is 0 Å². The van der Waals surface area contributed by atoms with Crippen molar-refractivity contribution in [3.63, 3.8) is 0 Å². The fraction of sp³-hybridized carbons (Fsp3) is 0.625. The lowest BCUT2D eigenvalue weighted by atomic mass is 9.89. The molecule has 1 aromatic rings. The molecule has 1 saturated heterocycles. The second-order valence-corrected chi connectivity index (χ2v) is 5.78. The highest BCUT2D eigenvalue weighted by atomic mass is 15.2. The average Bonchev–Trinajstić information content (AvgIpc) is 2.34. The lowest BCUT2D eigenvalue weighted by Gasteiger charge is -2.34. The Kier molecular flexibility index (Phi) is 4.08. The van der Waals surface area contributed by atoms with Crippen LogP contribution in [0.15, 0.2) is 6.07 Å². The Morgan fingerprint density at radius 1 is 1.17 bits per heavy atom. The number of nitrogens with one attached hydrogen (secondary N) is 1. The number of benzene rings is 1. The fourth-order valence-corrected chi connectivity index (χ4v) is 2.93. The predicted octanol–water partition coefficient (Wildman–Crippen LogP) is 2.37. The van der Waals surface area contributed by atoms with Crippen LogP contribution in [0.1, 0.15) is 27.8 Å². The van der Waals surface area contributed by atoms with Crippen molar-refractivity contribution < 1.29 is 0 Å². The van der Waals surface area contributed by atoms with Gasteiger partial charge in [0.25, 0.3) is 0 Å². The molecule has 1 heterocycles. The zero-order valence-corrected chi connectivity index (χ0v) is 12.4. The maximum Gasteiger partial charge on any atom is 0.0258 e. The van der Waals surface area contributed by atoms with E-state index in [1.807, 2.05) is 0 Å². The minimum atomic E-state index is 0.636. The smallest absolute Gasteiger partial charge is 0.0258 e. The molecule has 0 amide bonds. The largest absolute Gasteiger partial charge is 0.314 e. The summed E-state index contributed by atoms with van der Waals surface area (Å²) in [7, 11) is 2.25. The first-order valence-electron chi connectivity index (χ1n) is 6.98. The maximum atomic E-state index is 3.51. The molecule has 1 N–H and O–H groups in total. The van der Waals surface area contributed by atoms with E-state index in [1.165, 1.54) is 28.7 Å². The standard InChI is InChI=1S/C16H26N2/c1-11-8-12(2)14(4)16(13(11)3)9-15-10-17-6-7-18(15)5/h8,15,17H,6-7,9-10H2,1-5H3. The summed E-state index contributed by atoms with van der Waals surface area (Å²) < 4.78 is 0. The van der Waals surface area contributed by atoms with E-state index in [1.54, 1.807) is 5.56 Å². The Hall–Kier alpha value is -0.860. The second kappa shape index (κ2) is 5.41. The molecule has 2 nitrogen and oxygen atoms in total. The van der Waals surface area contributed by atoms with Crippen LogP contribution in [0, 0.1) is 27.7 Å². The van der Waals surface area contributed by atoms with Crippen molar-refractivity contribution in [2.24, 2.45) is 0 Å². The second-order valence-electron chi connectivity index (χ2n) is 5.78. The summed E-state index contributed by atoms with van der Waals surface area (Å²) in [5, 5.41) is 3.51. The van der Waals surface area contributed by atoms with E-state index >= 15 is 0 Å². The van der Waals surface area contributed by atoms with Crippen molar-refractivity contribution in [3.8, 4) is 0 Å². The maximum absolute atomic E-state index is 3.51. The fourth-order valence-electron chi connectivity index (χ4n) is 2.93. The van der Waals surface area contributed by atoms with Crippen molar-refractivity contribution in [2.45, 2.75) is 40.2 Å². The zero-order valence-electron chi connectivity index (χ0n) is 12.4. The SMILES string of the molecule is Cc1cc(C)c(C)c(CC2CNCCN2C)c1C. The molecule has 1 atom stereocenters. The van der Waals surface area contributed by atoms with Crippen molar-refractivity contribution in [3.05, 3.63) is 33.9 Å². The van der Waals surface area contributed by atoms with Crippen LogP contribution in [0.3, 0.4) is 0 Å². The third-order valence-electron chi connectivity index (χ3n) is 4.61. The summed E-state index contributed by atoms with van der Waals surface area (Å²) in [4.78, 5) is 2.49. The van der Waals surface area contributed by atoms with Crippen LogP contribution in [0.5, 0.6) is 0 Å². The third-order valence-corrected chi connectivity index (χ3v) is 4.61. The minimum Gasteiger partial charge on any atom is -0.314 e. The molecule has 0 spiro atoms. The van der Waals surface area contributed by atoms with Gasteiger partial charge in [0.2, 0.25) is 0 Å². The molecule has 1 aliphatic heterocycles. The van der Waals surface area contributed by atoms with Crippen molar-refractivity contribution in [1.29, 1.82) is 0 Å². The Morgan fingerprint density at radius 3 is 2.33 bits per heavy atom. The average molecular weight is 246 g/mol. The summed E-state index contributed by atoms with van der Waals surface area (Å²) in [6.45, 7) is 12.4. The molecule has 2 heteroatoms. The number of hydrogen-bond donors (Lipinski definition) is 1. The van der Waals surface area contributed by atoms with Gasteiger partial charge in [0, 0.05) is 25.7 Å². The van der Waals surface area contributed by atoms with Gasteiger partial charge in [-0.05, 0) is 69.0 Å². The third kappa shape index (κ3) is 2.60. The molecule has 1 aliphatic rings. The monoisotopic (exact) mass is 246 g/mol. The summed E-state index contributed by atoms with van der Waals surface area (Å²) in [6, 6.07) is 2.95. The molecule has 100 valence electrons. The van der Waals surface area contributed by atoms with E-state index in [0.29, 0.717) is 6.04 Å². The van der Waals surface area contributed by atoms with E-state index in [4.69, 9.17) is 0 Å². The normalized spacial score (nSPS) is 21.3. The first-order valence-corrected chi connectivity index (χ1v) is 6.98. The van der Waals surface area contributed by atoms with Gasteiger partial charge in [-0.15, -0.1) is 0 Å². The van der Waals surface area contributed by atoms with Gasteiger partial charge in [-0.2, -0.15) is 0 Å². The van der Waals surface area contributed by atoms with Crippen LogP contribution in [-0.2, 0) is 6.42 Å². The van der Waals surface area contributed by atoms with Gasteiger partial charge < -0.3 is 10.2 Å². The number of hydrogen-bond acceptors (Lipinski definition) is 2. The van der Waals surface area contributed by atoms with Crippen LogP contribution in [0.4, 0.5) is 0 Å². The van der Waals surface area contributed by atoms with Crippen LogP contribution >= 0.6 is 0 Å². The number of piperazine rings is 1. The molecule has 0 radical (unpaired) electrons. The molecule has 1 unspecified atom stereocenters. The molecule has 0 aromatic heterocycles. The van der Waals surface area contributed by atoms with Crippen molar-refractivity contribution in [1.82, 2.24) is 10.2 Å². The van der Waals surface area contributed by atoms with Crippen LogP contribution in [0.25, 0.3) is 0 Å².